The maximum absolute atomic E-state index is 9.31. The fourth-order valence-electron chi connectivity index (χ4n) is 1.90. The van der Waals surface area contributed by atoms with Crippen molar-refractivity contribution in [1.82, 2.24) is 10.2 Å². The van der Waals surface area contributed by atoms with Crippen molar-refractivity contribution in [2.24, 2.45) is 5.41 Å². The molecule has 1 saturated heterocycles. The zero-order valence-corrected chi connectivity index (χ0v) is 10.4. The quantitative estimate of drug-likeness (QED) is 0.719. The largest absolute Gasteiger partial charge is 0.396 e. The molecule has 3 nitrogen and oxygen atoms in total. The lowest BCUT2D eigenvalue weighted by Gasteiger charge is -2.33. The summed E-state index contributed by atoms with van der Waals surface area (Å²) in [4.78, 5) is 2.38. The van der Waals surface area contributed by atoms with E-state index in [-0.39, 0.29) is 12.0 Å². The van der Waals surface area contributed by atoms with Crippen LogP contribution in [0.2, 0.25) is 0 Å². The van der Waals surface area contributed by atoms with E-state index in [4.69, 9.17) is 0 Å². The first-order valence-corrected chi connectivity index (χ1v) is 6.12. The van der Waals surface area contributed by atoms with Gasteiger partial charge in [-0.3, -0.25) is 0 Å². The van der Waals surface area contributed by atoms with Crippen LogP contribution in [0.5, 0.6) is 0 Å². The molecule has 0 aromatic rings. The number of piperidine rings is 1. The van der Waals surface area contributed by atoms with E-state index in [9.17, 15) is 5.11 Å². The van der Waals surface area contributed by atoms with Crippen LogP contribution in [0.3, 0.4) is 0 Å². The lowest BCUT2D eigenvalue weighted by molar-refractivity contribution is 0.125. The normalized spacial score (nSPS) is 24.0. The van der Waals surface area contributed by atoms with Gasteiger partial charge in [-0.05, 0) is 39.4 Å². The summed E-state index contributed by atoms with van der Waals surface area (Å²) in [5, 5.41) is 12.9. The van der Waals surface area contributed by atoms with Crippen molar-refractivity contribution in [3.63, 3.8) is 0 Å². The van der Waals surface area contributed by atoms with Crippen molar-refractivity contribution < 1.29 is 5.11 Å². The molecule has 0 bridgehead atoms. The molecular formula is C12H26N2O. The molecule has 1 unspecified atom stereocenters. The van der Waals surface area contributed by atoms with E-state index in [2.05, 4.69) is 31.1 Å². The number of nitrogens with one attached hydrogen (secondary N) is 1. The van der Waals surface area contributed by atoms with Crippen LogP contribution in [-0.4, -0.2) is 49.3 Å². The molecule has 15 heavy (non-hydrogen) atoms. The van der Waals surface area contributed by atoms with Gasteiger partial charge in [-0.15, -0.1) is 0 Å². The van der Waals surface area contributed by atoms with Crippen LogP contribution in [0, 0.1) is 5.41 Å². The lowest BCUT2D eigenvalue weighted by Crippen LogP contribution is -2.45. The minimum Gasteiger partial charge on any atom is -0.396 e. The molecule has 0 saturated carbocycles. The summed E-state index contributed by atoms with van der Waals surface area (Å²) < 4.78 is 0. The van der Waals surface area contributed by atoms with Gasteiger partial charge in [-0.2, -0.15) is 0 Å². The molecule has 0 spiro atoms. The monoisotopic (exact) mass is 214 g/mol. The highest BCUT2D eigenvalue weighted by molar-refractivity contribution is 4.80. The second-order valence-corrected chi connectivity index (χ2v) is 5.28. The zero-order valence-electron chi connectivity index (χ0n) is 10.4. The van der Waals surface area contributed by atoms with Crippen LogP contribution in [0.25, 0.3) is 0 Å². The highest BCUT2D eigenvalue weighted by Gasteiger charge is 2.23. The standard InChI is InChI=1S/C12H26N2O/c1-4-12(2,10-15)9-13-11-5-7-14(3)8-6-11/h11,13,15H,4-10H2,1-3H3. The summed E-state index contributed by atoms with van der Waals surface area (Å²) >= 11 is 0. The van der Waals surface area contributed by atoms with Gasteiger partial charge in [0, 0.05) is 24.6 Å². The Hall–Kier alpha value is -0.120. The lowest BCUT2D eigenvalue weighted by atomic mass is 9.88. The highest BCUT2D eigenvalue weighted by atomic mass is 16.3. The molecule has 0 aromatic heterocycles. The SMILES string of the molecule is CCC(C)(CO)CNC1CCN(C)CC1. The predicted molar refractivity (Wildman–Crippen MR) is 64.0 cm³/mol. The molecule has 1 fully saturated rings. The summed E-state index contributed by atoms with van der Waals surface area (Å²) in [5.74, 6) is 0. The second-order valence-electron chi connectivity index (χ2n) is 5.28. The smallest absolute Gasteiger partial charge is 0.0496 e. The number of aliphatic hydroxyl groups is 1. The van der Waals surface area contributed by atoms with Crippen molar-refractivity contribution in [1.29, 1.82) is 0 Å². The molecule has 1 aliphatic heterocycles. The molecule has 2 N–H and O–H groups in total. The van der Waals surface area contributed by atoms with Gasteiger partial charge in [0.1, 0.15) is 0 Å². The molecule has 90 valence electrons. The maximum Gasteiger partial charge on any atom is 0.0496 e. The third kappa shape index (κ3) is 4.09. The predicted octanol–water partition coefficient (Wildman–Crippen LogP) is 1.08. The van der Waals surface area contributed by atoms with Gasteiger partial charge < -0.3 is 15.3 Å². The molecule has 1 heterocycles. The van der Waals surface area contributed by atoms with Crippen molar-refractivity contribution in [3.8, 4) is 0 Å². The average Bonchev–Trinajstić information content (AvgIpc) is 2.28. The summed E-state index contributed by atoms with van der Waals surface area (Å²) in [5.41, 5.74) is 0.0589. The Labute approximate surface area is 93.9 Å². The van der Waals surface area contributed by atoms with Gasteiger partial charge in [0.15, 0.2) is 0 Å². The van der Waals surface area contributed by atoms with E-state index < -0.39 is 0 Å². The van der Waals surface area contributed by atoms with Gasteiger partial charge >= 0.3 is 0 Å². The second kappa shape index (κ2) is 5.83. The first-order chi connectivity index (χ1) is 7.09. The first-order valence-electron chi connectivity index (χ1n) is 6.12. The van der Waals surface area contributed by atoms with E-state index >= 15 is 0 Å². The number of aliphatic hydroxyl groups excluding tert-OH is 1. The molecule has 1 aliphatic rings. The van der Waals surface area contributed by atoms with E-state index in [1.165, 1.54) is 25.9 Å². The fourth-order valence-corrected chi connectivity index (χ4v) is 1.90. The number of rotatable bonds is 5. The Balaban J connectivity index is 2.24. The summed E-state index contributed by atoms with van der Waals surface area (Å²) in [7, 11) is 2.18. The number of hydrogen-bond donors (Lipinski definition) is 2. The molecule has 0 aliphatic carbocycles. The summed E-state index contributed by atoms with van der Waals surface area (Å²) in [6, 6.07) is 0.652. The van der Waals surface area contributed by atoms with Gasteiger partial charge in [0.05, 0.1) is 0 Å². The van der Waals surface area contributed by atoms with Crippen molar-refractivity contribution in [2.45, 2.75) is 39.2 Å². The Morgan fingerprint density at radius 3 is 2.47 bits per heavy atom. The van der Waals surface area contributed by atoms with E-state index in [0.29, 0.717) is 6.04 Å². The Kier molecular flexibility index (Phi) is 5.03. The minimum absolute atomic E-state index is 0.0589. The Morgan fingerprint density at radius 1 is 1.40 bits per heavy atom. The number of hydrogen-bond acceptors (Lipinski definition) is 3. The zero-order chi connectivity index (χ0) is 11.3. The first kappa shape index (κ1) is 12.9. The van der Waals surface area contributed by atoms with E-state index in [1.807, 2.05) is 0 Å². The van der Waals surface area contributed by atoms with Crippen molar-refractivity contribution in [2.75, 3.05) is 33.3 Å². The van der Waals surface area contributed by atoms with Crippen LogP contribution in [0.1, 0.15) is 33.1 Å². The number of likely N-dealkylation sites (tertiary alicyclic amines) is 1. The molecular weight excluding hydrogens is 188 g/mol. The molecule has 0 radical (unpaired) electrons. The average molecular weight is 214 g/mol. The highest BCUT2D eigenvalue weighted by Crippen LogP contribution is 2.19. The van der Waals surface area contributed by atoms with E-state index in [0.717, 1.165) is 13.0 Å². The van der Waals surface area contributed by atoms with Crippen LogP contribution in [0.4, 0.5) is 0 Å². The molecule has 1 atom stereocenters. The molecule has 0 amide bonds. The molecule has 3 heteroatoms. The van der Waals surface area contributed by atoms with Crippen LogP contribution >= 0.6 is 0 Å². The van der Waals surface area contributed by atoms with Crippen molar-refractivity contribution in [3.05, 3.63) is 0 Å². The minimum atomic E-state index is 0.0589. The van der Waals surface area contributed by atoms with Gasteiger partial charge in [0.25, 0.3) is 0 Å². The van der Waals surface area contributed by atoms with Gasteiger partial charge in [-0.1, -0.05) is 13.8 Å². The third-order valence-corrected chi connectivity index (χ3v) is 3.77. The summed E-state index contributed by atoms with van der Waals surface area (Å²) in [6.45, 7) is 7.90. The fraction of sp³-hybridized carbons (Fsp3) is 1.00. The van der Waals surface area contributed by atoms with Gasteiger partial charge in [0.2, 0.25) is 0 Å². The third-order valence-electron chi connectivity index (χ3n) is 3.77. The Morgan fingerprint density at radius 2 is 2.00 bits per heavy atom. The Bertz CT molecular complexity index is 172. The molecule has 1 rings (SSSR count). The maximum atomic E-state index is 9.31. The van der Waals surface area contributed by atoms with Crippen LogP contribution in [-0.2, 0) is 0 Å². The topological polar surface area (TPSA) is 35.5 Å². The summed E-state index contributed by atoms with van der Waals surface area (Å²) in [6.07, 6.45) is 3.51. The number of nitrogens with zero attached hydrogens (tertiary/aromatic N) is 1. The van der Waals surface area contributed by atoms with Crippen LogP contribution in [0.15, 0.2) is 0 Å². The van der Waals surface area contributed by atoms with Gasteiger partial charge in [-0.25, -0.2) is 0 Å². The molecule has 0 aromatic carbocycles. The van der Waals surface area contributed by atoms with E-state index in [1.54, 1.807) is 0 Å². The van der Waals surface area contributed by atoms with Crippen molar-refractivity contribution >= 4 is 0 Å². The van der Waals surface area contributed by atoms with Crippen LogP contribution < -0.4 is 5.32 Å².